The zero-order valence-corrected chi connectivity index (χ0v) is 21.8. The third kappa shape index (κ3) is 5.76. The first kappa shape index (κ1) is 26.6. The molecule has 196 valence electrons. The lowest BCUT2D eigenvalue weighted by atomic mass is 10.2. The lowest BCUT2D eigenvalue weighted by Gasteiger charge is -2.10. The molecule has 0 spiro atoms. The Hall–Kier alpha value is -4.43. The van der Waals surface area contributed by atoms with Crippen molar-refractivity contribution in [2.24, 2.45) is 15.3 Å². The van der Waals surface area contributed by atoms with Gasteiger partial charge in [0.05, 0.1) is 30.5 Å². The molecule has 2 aromatic carbocycles. The first-order valence-electron chi connectivity index (χ1n) is 10.8. The predicted molar refractivity (Wildman–Crippen MR) is 136 cm³/mol. The van der Waals surface area contributed by atoms with Gasteiger partial charge in [-0.2, -0.15) is 30.3 Å². The van der Waals surface area contributed by atoms with E-state index in [9.17, 15) is 18.0 Å². The summed E-state index contributed by atoms with van der Waals surface area (Å²) in [5, 5.41) is 13.2. The van der Waals surface area contributed by atoms with Crippen LogP contribution in [0.3, 0.4) is 0 Å². The monoisotopic (exact) mass is 557 g/mol. The van der Waals surface area contributed by atoms with Gasteiger partial charge >= 0.3 is 6.01 Å². The third-order valence-corrected chi connectivity index (χ3v) is 6.75. The zero-order chi connectivity index (χ0) is 27.4. The van der Waals surface area contributed by atoms with Crippen LogP contribution in [-0.4, -0.2) is 61.2 Å². The SMILES string of the molecule is COc1cc(NS(=O)(=O)c2ccc(N=NC3C(=O)N(C(=O)c4ccc(Cl)cc4)N=C3C)cc2)nc(OC)n1. The summed E-state index contributed by atoms with van der Waals surface area (Å²) < 4.78 is 37.9. The average molecular weight is 558 g/mol. The van der Waals surface area contributed by atoms with Gasteiger partial charge in [0.15, 0.2) is 11.9 Å². The second-order valence-corrected chi connectivity index (χ2v) is 9.82. The number of nitrogens with one attached hydrogen (secondary N) is 1. The van der Waals surface area contributed by atoms with E-state index in [0.29, 0.717) is 5.02 Å². The number of halogens is 1. The lowest BCUT2D eigenvalue weighted by Crippen LogP contribution is -2.34. The summed E-state index contributed by atoms with van der Waals surface area (Å²) in [5.41, 5.74) is 0.790. The van der Waals surface area contributed by atoms with Gasteiger partial charge < -0.3 is 9.47 Å². The number of hydrazone groups is 1. The zero-order valence-electron chi connectivity index (χ0n) is 20.2. The fraction of sp³-hybridized carbons (Fsp3) is 0.174. The molecule has 38 heavy (non-hydrogen) atoms. The molecule has 13 nitrogen and oxygen atoms in total. The van der Waals surface area contributed by atoms with E-state index in [-0.39, 0.29) is 39.6 Å². The first-order chi connectivity index (χ1) is 18.1. The number of amides is 2. The Labute approximate surface area is 222 Å². The first-order valence-corrected chi connectivity index (χ1v) is 12.7. The molecule has 0 fully saturated rings. The molecule has 0 bridgehead atoms. The van der Waals surface area contributed by atoms with Gasteiger partial charge in [0.1, 0.15) is 0 Å². The summed E-state index contributed by atoms with van der Waals surface area (Å²) in [5.74, 6) is -1.22. The number of aromatic nitrogens is 2. The van der Waals surface area contributed by atoms with E-state index in [1.807, 2.05) is 0 Å². The molecular formula is C23H20ClN7O6S. The van der Waals surface area contributed by atoms with Crippen LogP contribution in [0.5, 0.6) is 11.9 Å². The number of rotatable bonds is 8. The number of hydrogen-bond acceptors (Lipinski definition) is 11. The highest BCUT2D eigenvalue weighted by atomic mass is 35.5. The van der Waals surface area contributed by atoms with Gasteiger partial charge in [0.2, 0.25) is 5.88 Å². The number of benzene rings is 2. The van der Waals surface area contributed by atoms with Crippen molar-refractivity contribution < 1.29 is 27.5 Å². The summed E-state index contributed by atoms with van der Waals surface area (Å²) >= 11 is 5.85. The smallest absolute Gasteiger partial charge is 0.321 e. The van der Waals surface area contributed by atoms with E-state index in [1.165, 1.54) is 68.8 Å². The number of carbonyl (C=O) groups is 2. The van der Waals surface area contributed by atoms with E-state index in [4.69, 9.17) is 21.1 Å². The number of azo groups is 1. The molecule has 1 unspecified atom stereocenters. The summed E-state index contributed by atoms with van der Waals surface area (Å²) in [6.07, 6.45) is 0. The molecule has 1 N–H and O–H groups in total. The van der Waals surface area contributed by atoms with Crippen LogP contribution in [0.1, 0.15) is 17.3 Å². The van der Waals surface area contributed by atoms with Crippen LogP contribution >= 0.6 is 11.6 Å². The minimum absolute atomic E-state index is 0.0512. The molecule has 1 aromatic heterocycles. The molecule has 0 radical (unpaired) electrons. The predicted octanol–water partition coefficient (Wildman–Crippen LogP) is 3.46. The molecule has 2 heterocycles. The summed E-state index contributed by atoms with van der Waals surface area (Å²) in [7, 11) is -1.32. The van der Waals surface area contributed by atoms with Gasteiger partial charge in [0, 0.05) is 16.7 Å². The van der Waals surface area contributed by atoms with Crippen LogP contribution in [0.4, 0.5) is 11.5 Å². The largest absolute Gasteiger partial charge is 0.481 e. The van der Waals surface area contributed by atoms with Gasteiger partial charge in [-0.1, -0.05) is 11.6 Å². The molecular weight excluding hydrogens is 538 g/mol. The van der Waals surface area contributed by atoms with E-state index in [2.05, 4.69) is 30.0 Å². The standard InChI is InChI=1S/C23H20ClN7O6S/c1-13-20(22(33)31(29-13)21(32)14-4-6-15(24)7-5-14)28-27-16-8-10-17(11-9-16)38(34,35)30-18-12-19(36-2)26-23(25-18)37-3/h4-12,20H,1-3H3,(H,25,26,30). The summed E-state index contributed by atoms with van der Waals surface area (Å²) in [6, 6.07) is 11.6. The van der Waals surface area contributed by atoms with E-state index in [1.54, 1.807) is 6.92 Å². The van der Waals surface area contributed by atoms with Crippen LogP contribution in [0.15, 0.2) is 74.8 Å². The molecule has 3 aromatic rings. The van der Waals surface area contributed by atoms with Crippen LogP contribution < -0.4 is 14.2 Å². The van der Waals surface area contributed by atoms with Crippen molar-refractivity contribution in [3.05, 3.63) is 65.2 Å². The second kappa shape index (κ2) is 10.9. The van der Waals surface area contributed by atoms with Crippen molar-refractivity contribution >= 4 is 50.7 Å². The third-order valence-electron chi connectivity index (χ3n) is 5.13. The quantitative estimate of drug-likeness (QED) is 0.325. The number of hydrogen-bond donors (Lipinski definition) is 1. The van der Waals surface area contributed by atoms with Crippen LogP contribution in [-0.2, 0) is 14.8 Å². The number of imide groups is 1. The Morgan fingerprint density at radius 1 is 1.05 bits per heavy atom. The van der Waals surface area contributed by atoms with Crippen LogP contribution in [0.2, 0.25) is 5.02 Å². The molecule has 2 amide bonds. The Balaban J connectivity index is 1.46. The molecule has 0 saturated carbocycles. The maximum atomic E-state index is 12.8. The number of nitrogens with zero attached hydrogens (tertiary/aromatic N) is 6. The molecule has 1 aliphatic rings. The van der Waals surface area contributed by atoms with Crippen molar-refractivity contribution in [1.82, 2.24) is 15.0 Å². The normalized spacial score (nSPS) is 15.5. The van der Waals surface area contributed by atoms with Gasteiger partial charge in [-0.05, 0) is 55.5 Å². The maximum absolute atomic E-state index is 12.8. The lowest BCUT2D eigenvalue weighted by molar-refractivity contribution is -0.127. The Morgan fingerprint density at radius 2 is 1.74 bits per heavy atom. The van der Waals surface area contributed by atoms with Crippen molar-refractivity contribution in [1.29, 1.82) is 0 Å². The van der Waals surface area contributed by atoms with Crippen molar-refractivity contribution in [3.63, 3.8) is 0 Å². The summed E-state index contributed by atoms with van der Waals surface area (Å²) in [4.78, 5) is 33.2. The highest BCUT2D eigenvalue weighted by Crippen LogP contribution is 2.24. The maximum Gasteiger partial charge on any atom is 0.321 e. The average Bonchev–Trinajstić information content (AvgIpc) is 3.19. The minimum Gasteiger partial charge on any atom is -0.481 e. The van der Waals surface area contributed by atoms with Gasteiger partial charge in [-0.3, -0.25) is 14.3 Å². The highest BCUT2D eigenvalue weighted by molar-refractivity contribution is 7.92. The van der Waals surface area contributed by atoms with Gasteiger partial charge in [0.25, 0.3) is 21.8 Å². The number of ether oxygens (including phenoxy) is 2. The molecule has 0 aliphatic carbocycles. The molecule has 1 aliphatic heterocycles. The van der Waals surface area contributed by atoms with Gasteiger partial charge in [-0.15, -0.1) is 0 Å². The van der Waals surface area contributed by atoms with Crippen molar-refractivity contribution in [2.45, 2.75) is 17.9 Å². The minimum atomic E-state index is -4.02. The van der Waals surface area contributed by atoms with Crippen molar-refractivity contribution in [2.75, 3.05) is 18.9 Å². The van der Waals surface area contributed by atoms with Crippen LogP contribution in [0, 0.1) is 0 Å². The Morgan fingerprint density at radius 3 is 2.37 bits per heavy atom. The number of anilines is 1. The molecule has 1 atom stereocenters. The molecule has 15 heteroatoms. The number of carbonyl (C=O) groups excluding carboxylic acids is 2. The fourth-order valence-corrected chi connectivity index (χ4v) is 4.33. The molecule has 4 rings (SSSR count). The van der Waals surface area contributed by atoms with Crippen LogP contribution in [0.25, 0.3) is 0 Å². The van der Waals surface area contributed by atoms with E-state index >= 15 is 0 Å². The van der Waals surface area contributed by atoms with E-state index in [0.717, 1.165) is 5.01 Å². The molecule has 0 saturated heterocycles. The summed E-state index contributed by atoms with van der Waals surface area (Å²) in [6.45, 7) is 1.55. The van der Waals surface area contributed by atoms with E-state index < -0.39 is 27.9 Å². The number of sulfonamides is 1. The fourth-order valence-electron chi connectivity index (χ4n) is 3.21. The Kier molecular flexibility index (Phi) is 7.64. The topological polar surface area (TPSA) is 165 Å². The second-order valence-electron chi connectivity index (χ2n) is 7.70. The van der Waals surface area contributed by atoms with Gasteiger partial charge in [-0.25, -0.2) is 8.42 Å². The Bertz CT molecular complexity index is 1520. The number of methoxy groups -OCH3 is 2. The highest BCUT2D eigenvalue weighted by Gasteiger charge is 2.38. The van der Waals surface area contributed by atoms with Crippen molar-refractivity contribution in [3.8, 4) is 11.9 Å².